The van der Waals surface area contributed by atoms with E-state index in [1.807, 2.05) is 0 Å². The molecule has 5 N–H and O–H groups in total. The van der Waals surface area contributed by atoms with Crippen LogP contribution < -0.4 is 16.4 Å². The number of imidazole rings is 1. The van der Waals surface area contributed by atoms with E-state index in [4.69, 9.17) is 5.73 Å². The van der Waals surface area contributed by atoms with E-state index in [9.17, 15) is 14.0 Å². The maximum Gasteiger partial charge on any atom is 0.255 e. The van der Waals surface area contributed by atoms with Crippen molar-refractivity contribution in [1.29, 1.82) is 0 Å². The second kappa shape index (κ2) is 9.67. The van der Waals surface area contributed by atoms with Crippen LogP contribution in [0.4, 0.5) is 15.8 Å². The number of nitrogens with one attached hydrogen (secondary N) is 3. The first-order valence-electron chi connectivity index (χ1n) is 11.1. The second-order valence-electron chi connectivity index (χ2n) is 8.11. The number of fused-ring (bicyclic) bond motifs is 1. The van der Waals surface area contributed by atoms with Gasteiger partial charge in [0.2, 0.25) is 5.95 Å². The van der Waals surface area contributed by atoms with Gasteiger partial charge >= 0.3 is 0 Å². The molecule has 0 spiro atoms. The van der Waals surface area contributed by atoms with Crippen LogP contribution in [0.25, 0.3) is 22.4 Å². The minimum Gasteiger partial charge on any atom is -0.397 e. The summed E-state index contributed by atoms with van der Waals surface area (Å²) in [5.74, 6) is -0.553. The Kier molecular flexibility index (Phi) is 6.10. The Labute approximate surface area is 205 Å². The van der Waals surface area contributed by atoms with Gasteiger partial charge in [-0.25, -0.2) is 9.97 Å². The minimum absolute atomic E-state index is 0.252. The minimum atomic E-state index is -0.566. The standard InChI is InChI=1S/C27H21FN6O2/c28-24-12-10-19(15-30-24)25-32-22-11-9-18(13-23(22)33-25)26(35)31-14-16-5-7-17(8-6-16)27(36)34-21-4-2-1-3-20(21)29/h1-13,15H,14,29H2,(H,31,35)(H,32,33)(H,34,36). The summed E-state index contributed by atoms with van der Waals surface area (Å²) in [6.45, 7) is 0.292. The lowest BCUT2D eigenvalue weighted by atomic mass is 10.1. The van der Waals surface area contributed by atoms with Crippen LogP contribution in [0, 0.1) is 5.95 Å². The molecule has 0 saturated heterocycles. The Bertz CT molecular complexity index is 1560. The Balaban J connectivity index is 1.22. The molecule has 36 heavy (non-hydrogen) atoms. The average molecular weight is 481 g/mol. The molecular formula is C27H21FN6O2. The van der Waals surface area contributed by atoms with Crippen molar-refractivity contribution in [1.82, 2.24) is 20.3 Å². The van der Waals surface area contributed by atoms with Crippen LogP contribution in [0.15, 0.2) is 85.1 Å². The number of nitrogens with zero attached hydrogens (tertiary/aromatic N) is 2. The number of carbonyl (C=O) groups is 2. The number of amides is 2. The summed E-state index contributed by atoms with van der Waals surface area (Å²) in [4.78, 5) is 36.4. The largest absolute Gasteiger partial charge is 0.397 e. The van der Waals surface area contributed by atoms with E-state index >= 15 is 0 Å². The Morgan fingerprint density at radius 1 is 0.917 bits per heavy atom. The van der Waals surface area contributed by atoms with Crippen molar-refractivity contribution < 1.29 is 14.0 Å². The van der Waals surface area contributed by atoms with Crippen LogP contribution in [0.5, 0.6) is 0 Å². The van der Waals surface area contributed by atoms with Crippen molar-refractivity contribution in [3.8, 4) is 11.4 Å². The number of anilines is 2. The number of aromatic amines is 1. The molecule has 0 atom stereocenters. The topological polar surface area (TPSA) is 126 Å². The highest BCUT2D eigenvalue weighted by molar-refractivity contribution is 6.05. The Hall–Kier alpha value is -5.05. The van der Waals surface area contributed by atoms with Gasteiger partial charge in [-0.15, -0.1) is 0 Å². The van der Waals surface area contributed by atoms with Crippen molar-refractivity contribution in [3.63, 3.8) is 0 Å². The molecule has 0 saturated carbocycles. The normalized spacial score (nSPS) is 10.8. The molecule has 2 aromatic heterocycles. The molecule has 9 heteroatoms. The average Bonchev–Trinajstić information content (AvgIpc) is 3.33. The summed E-state index contributed by atoms with van der Waals surface area (Å²) in [6.07, 6.45) is 1.40. The van der Waals surface area contributed by atoms with Crippen LogP contribution in [0.2, 0.25) is 0 Å². The molecule has 3 aromatic carbocycles. The van der Waals surface area contributed by atoms with Gasteiger partial charge in [0.15, 0.2) is 0 Å². The first kappa shape index (κ1) is 22.7. The highest BCUT2D eigenvalue weighted by Gasteiger charge is 2.12. The van der Waals surface area contributed by atoms with Crippen LogP contribution in [0.3, 0.4) is 0 Å². The molecule has 0 aliphatic rings. The maximum absolute atomic E-state index is 13.1. The molecule has 0 radical (unpaired) electrons. The van der Waals surface area contributed by atoms with Gasteiger partial charge in [-0.1, -0.05) is 24.3 Å². The number of para-hydroxylation sites is 2. The Morgan fingerprint density at radius 3 is 2.44 bits per heavy atom. The van der Waals surface area contributed by atoms with E-state index in [0.29, 0.717) is 51.5 Å². The van der Waals surface area contributed by atoms with Crippen molar-refractivity contribution >= 4 is 34.2 Å². The van der Waals surface area contributed by atoms with E-state index in [1.54, 1.807) is 72.8 Å². The molecule has 0 aliphatic carbocycles. The fourth-order valence-corrected chi connectivity index (χ4v) is 3.67. The molecule has 8 nitrogen and oxygen atoms in total. The third-order valence-electron chi connectivity index (χ3n) is 5.62. The number of carbonyl (C=O) groups excluding carboxylic acids is 2. The number of nitrogens with two attached hydrogens (primary N) is 1. The molecule has 2 heterocycles. The van der Waals surface area contributed by atoms with Gasteiger partial charge in [-0.05, 0) is 60.2 Å². The van der Waals surface area contributed by atoms with Gasteiger partial charge in [0.25, 0.3) is 11.8 Å². The third-order valence-corrected chi connectivity index (χ3v) is 5.62. The number of benzene rings is 3. The predicted molar refractivity (Wildman–Crippen MR) is 136 cm³/mol. The summed E-state index contributed by atoms with van der Waals surface area (Å²) in [5, 5.41) is 5.66. The van der Waals surface area contributed by atoms with Gasteiger partial charge in [0.05, 0.1) is 22.4 Å². The molecule has 0 fully saturated rings. The first-order chi connectivity index (χ1) is 17.5. The molecule has 5 aromatic rings. The number of hydrogen-bond acceptors (Lipinski definition) is 5. The smallest absolute Gasteiger partial charge is 0.255 e. The van der Waals surface area contributed by atoms with Gasteiger partial charge in [-0.2, -0.15) is 4.39 Å². The van der Waals surface area contributed by atoms with Gasteiger partial charge < -0.3 is 21.4 Å². The van der Waals surface area contributed by atoms with E-state index in [1.165, 1.54) is 12.3 Å². The molecule has 0 aliphatic heterocycles. The number of aromatic nitrogens is 3. The monoisotopic (exact) mass is 480 g/mol. The lowest BCUT2D eigenvalue weighted by Crippen LogP contribution is -2.22. The molecule has 0 unspecified atom stereocenters. The molecule has 2 amide bonds. The fourth-order valence-electron chi connectivity index (χ4n) is 3.67. The van der Waals surface area contributed by atoms with E-state index in [-0.39, 0.29) is 11.8 Å². The van der Waals surface area contributed by atoms with Gasteiger partial charge in [0, 0.05) is 29.4 Å². The van der Waals surface area contributed by atoms with Gasteiger partial charge in [0.1, 0.15) is 5.82 Å². The number of rotatable bonds is 6. The molecule has 178 valence electrons. The molecule has 5 rings (SSSR count). The number of hydrogen-bond donors (Lipinski definition) is 4. The van der Waals surface area contributed by atoms with Crippen molar-refractivity contribution in [3.05, 3.63) is 108 Å². The zero-order chi connectivity index (χ0) is 25.1. The summed E-state index contributed by atoms with van der Waals surface area (Å²) in [5.41, 5.74) is 10.7. The second-order valence-corrected chi connectivity index (χ2v) is 8.11. The fraction of sp³-hybridized carbons (Fsp3) is 0.0370. The van der Waals surface area contributed by atoms with Gasteiger partial charge in [-0.3, -0.25) is 9.59 Å². The predicted octanol–water partition coefficient (Wildman–Crippen LogP) is 4.53. The van der Waals surface area contributed by atoms with Crippen molar-refractivity contribution in [2.75, 3.05) is 11.1 Å². The SMILES string of the molecule is Nc1ccccc1NC(=O)c1ccc(CNC(=O)c2ccc3nc(-c4ccc(F)nc4)[nH]c3c2)cc1. The zero-order valence-corrected chi connectivity index (χ0v) is 19.0. The van der Waals surface area contributed by atoms with Crippen LogP contribution in [0.1, 0.15) is 26.3 Å². The summed E-state index contributed by atoms with van der Waals surface area (Å²) in [7, 11) is 0. The van der Waals surface area contributed by atoms with Crippen molar-refractivity contribution in [2.24, 2.45) is 0 Å². The quantitative estimate of drug-likeness (QED) is 0.210. The summed E-state index contributed by atoms with van der Waals surface area (Å²) >= 11 is 0. The maximum atomic E-state index is 13.1. The highest BCUT2D eigenvalue weighted by Crippen LogP contribution is 2.21. The lowest BCUT2D eigenvalue weighted by molar-refractivity contribution is 0.0950. The van der Waals surface area contributed by atoms with Crippen LogP contribution >= 0.6 is 0 Å². The van der Waals surface area contributed by atoms with Crippen LogP contribution in [-0.2, 0) is 6.54 Å². The molecular weight excluding hydrogens is 459 g/mol. The lowest BCUT2D eigenvalue weighted by Gasteiger charge is -2.09. The number of pyridine rings is 1. The number of H-pyrrole nitrogens is 1. The van der Waals surface area contributed by atoms with E-state index in [0.717, 1.165) is 5.56 Å². The third kappa shape index (κ3) is 4.90. The van der Waals surface area contributed by atoms with Crippen LogP contribution in [-0.4, -0.2) is 26.8 Å². The summed E-state index contributed by atoms with van der Waals surface area (Å²) in [6, 6.07) is 22.0. The molecule has 0 bridgehead atoms. The Morgan fingerprint density at radius 2 is 1.69 bits per heavy atom. The van der Waals surface area contributed by atoms with E-state index < -0.39 is 5.95 Å². The number of nitrogen functional groups attached to an aromatic ring is 1. The first-order valence-corrected chi connectivity index (χ1v) is 11.1. The van der Waals surface area contributed by atoms with E-state index in [2.05, 4.69) is 25.6 Å². The van der Waals surface area contributed by atoms with Crippen molar-refractivity contribution in [2.45, 2.75) is 6.54 Å². The zero-order valence-electron chi connectivity index (χ0n) is 19.0. The highest BCUT2D eigenvalue weighted by atomic mass is 19.1. The summed E-state index contributed by atoms with van der Waals surface area (Å²) < 4.78 is 13.1. The number of halogens is 1.